The number of methoxy groups -OCH3 is 1. The van der Waals surface area contributed by atoms with Crippen LogP contribution in [0.15, 0.2) is 42.5 Å². The zero-order chi connectivity index (χ0) is 17.6. The number of fused-ring (bicyclic) bond motifs is 1. The molecule has 0 saturated carbocycles. The van der Waals surface area contributed by atoms with Crippen LogP contribution >= 0.6 is 11.3 Å². The minimum absolute atomic E-state index is 0.0566. The Hall–Kier alpha value is -2.60. The van der Waals surface area contributed by atoms with Crippen molar-refractivity contribution in [3.8, 4) is 11.5 Å². The standard InChI is InChI=1S/C19H20N2O3S/c1-13-5-3-6-15(11-13)24-10-4-7-18(22)21-19-20-16-9-8-14(23-2)12-17(16)25-19/h3,5-6,8-9,11-12H,4,7,10H2,1-2H3,(H,20,21,22). The Balaban J connectivity index is 1.47. The molecule has 1 amide bonds. The molecule has 0 aliphatic rings. The van der Waals surface area contributed by atoms with Crippen molar-refractivity contribution in [3.05, 3.63) is 48.0 Å². The third-order valence-electron chi connectivity index (χ3n) is 3.65. The van der Waals surface area contributed by atoms with Gasteiger partial charge in [-0.25, -0.2) is 4.98 Å². The van der Waals surface area contributed by atoms with E-state index in [2.05, 4.69) is 10.3 Å². The molecule has 0 bridgehead atoms. The van der Waals surface area contributed by atoms with Crippen LogP contribution in [0.1, 0.15) is 18.4 Å². The van der Waals surface area contributed by atoms with Gasteiger partial charge < -0.3 is 14.8 Å². The Morgan fingerprint density at radius 1 is 1.20 bits per heavy atom. The predicted octanol–water partition coefficient (Wildman–Crippen LogP) is 4.41. The van der Waals surface area contributed by atoms with Crippen LogP contribution in [-0.4, -0.2) is 24.6 Å². The summed E-state index contributed by atoms with van der Waals surface area (Å²) in [5.41, 5.74) is 2.01. The summed E-state index contributed by atoms with van der Waals surface area (Å²) in [7, 11) is 1.63. The molecule has 0 atom stereocenters. The highest BCUT2D eigenvalue weighted by Crippen LogP contribution is 2.29. The first-order chi connectivity index (χ1) is 12.1. The number of nitrogens with one attached hydrogen (secondary N) is 1. The fraction of sp³-hybridized carbons (Fsp3) is 0.263. The summed E-state index contributed by atoms with van der Waals surface area (Å²) >= 11 is 1.44. The quantitative estimate of drug-likeness (QED) is 0.637. The Bertz CT molecular complexity index is 876. The average Bonchev–Trinajstić information content (AvgIpc) is 3.00. The van der Waals surface area contributed by atoms with Crippen molar-refractivity contribution >= 4 is 32.6 Å². The van der Waals surface area contributed by atoms with Crippen molar-refractivity contribution in [2.45, 2.75) is 19.8 Å². The molecule has 130 valence electrons. The number of nitrogens with zero attached hydrogens (tertiary/aromatic N) is 1. The van der Waals surface area contributed by atoms with Crippen LogP contribution in [-0.2, 0) is 4.79 Å². The lowest BCUT2D eigenvalue weighted by atomic mass is 10.2. The van der Waals surface area contributed by atoms with Gasteiger partial charge in [0.1, 0.15) is 11.5 Å². The number of carbonyl (C=O) groups excluding carboxylic acids is 1. The van der Waals surface area contributed by atoms with Crippen LogP contribution in [0.4, 0.5) is 5.13 Å². The molecule has 25 heavy (non-hydrogen) atoms. The van der Waals surface area contributed by atoms with Gasteiger partial charge in [0, 0.05) is 6.42 Å². The molecule has 0 saturated heterocycles. The van der Waals surface area contributed by atoms with E-state index < -0.39 is 0 Å². The molecular formula is C19H20N2O3S. The van der Waals surface area contributed by atoms with Crippen molar-refractivity contribution in [2.75, 3.05) is 19.0 Å². The van der Waals surface area contributed by atoms with E-state index in [4.69, 9.17) is 9.47 Å². The molecule has 0 fully saturated rings. The molecule has 0 aliphatic heterocycles. The van der Waals surface area contributed by atoms with Gasteiger partial charge >= 0.3 is 0 Å². The molecule has 0 radical (unpaired) electrons. The number of hydrogen-bond donors (Lipinski definition) is 1. The predicted molar refractivity (Wildman–Crippen MR) is 101 cm³/mol. The first-order valence-corrected chi connectivity index (χ1v) is 8.89. The van der Waals surface area contributed by atoms with Crippen LogP contribution in [0.5, 0.6) is 11.5 Å². The first kappa shape index (κ1) is 17.2. The maximum Gasteiger partial charge on any atom is 0.226 e. The van der Waals surface area contributed by atoms with Gasteiger partial charge in [-0.15, -0.1) is 0 Å². The van der Waals surface area contributed by atoms with E-state index in [0.717, 1.165) is 27.3 Å². The number of amides is 1. The van der Waals surface area contributed by atoms with Crippen molar-refractivity contribution < 1.29 is 14.3 Å². The number of aryl methyl sites for hydroxylation is 1. The third-order valence-corrected chi connectivity index (χ3v) is 4.58. The normalized spacial score (nSPS) is 10.6. The van der Waals surface area contributed by atoms with Gasteiger partial charge in [0.15, 0.2) is 5.13 Å². The number of aromatic nitrogens is 1. The van der Waals surface area contributed by atoms with E-state index in [1.807, 2.05) is 49.4 Å². The topological polar surface area (TPSA) is 60.5 Å². The minimum atomic E-state index is -0.0566. The zero-order valence-corrected chi connectivity index (χ0v) is 15.1. The number of carbonyl (C=O) groups is 1. The van der Waals surface area contributed by atoms with Gasteiger partial charge in [-0.05, 0) is 49.2 Å². The highest BCUT2D eigenvalue weighted by atomic mass is 32.1. The van der Waals surface area contributed by atoms with Crippen LogP contribution < -0.4 is 14.8 Å². The number of benzene rings is 2. The van der Waals surface area contributed by atoms with E-state index >= 15 is 0 Å². The highest BCUT2D eigenvalue weighted by molar-refractivity contribution is 7.22. The highest BCUT2D eigenvalue weighted by Gasteiger charge is 2.08. The average molecular weight is 356 g/mol. The Morgan fingerprint density at radius 3 is 2.88 bits per heavy atom. The smallest absolute Gasteiger partial charge is 0.226 e. The summed E-state index contributed by atoms with van der Waals surface area (Å²) in [6, 6.07) is 13.5. The fourth-order valence-electron chi connectivity index (χ4n) is 2.40. The van der Waals surface area contributed by atoms with Gasteiger partial charge in [-0.3, -0.25) is 4.79 Å². The van der Waals surface area contributed by atoms with Gasteiger partial charge in [0.25, 0.3) is 0 Å². The zero-order valence-electron chi connectivity index (χ0n) is 14.2. The molecule has 0 unspecified atom stereocenters. The number of ether oxygens (including phenoxy) is 2. The van der Waals surface area contributed by atoms with E-state index in [1.54, 1.807) is 7.11 Å². The molecular weight excluding hydrogens is 336 g/mol. The number of hydrogen-bond acceptors (Lipinski definition) is 5. The maximum atomic E-state index is 12.1. The molecule has 5 nitrogen and oxygen atoms in total. The summed E-state index contributed by atoms with van der Waals surface area (Å²) < 4.78 is 11.8. The molecule has 0 aliphatic carbocycles. The summed E-state index contributed by atoms with van der Waals surface area (Å²) in [5, 5.41) is 3.45. The van der Waals surface area contributed by atoms with Crippen LogP contribution in [0.2, 0.25) is 0 Å². The summed E-state index contributed by atoms with van der Waals surface area (Å²) in [4.78, 5) is 16.5. The van der Waals surface area contributed by atoms with Gasteiger partial charge in [-0.2, -0.15) is 0 Å². The number of anilines is 1. The first-order valence-electron chi connectivity index (χ1n) is 8.08. The van der Waals surface area contributed by atoms with Crippen LogP contribution in [0.3, 0.4) is 0 Å². The number of thiazole rings is 1. The SMILES string of the molecule is COc1ccc2nc(NC(=O)CCCOc3cccc(C)c3)sc2c1. The molecule has 3 aromatic rings. The van der Waals surface area contributed by atoms with Gasteiger partial charge in [0.2, 0.25) is 5.91 Å². The van der Waals surface area contributed by atoms with Crippen molar-refractivity contribution in [1.29, 1.82) is 0 Å². The lowest BCUT2D eigenvalue weighted by Crippen LogP contribution is -2.12. The van der Waals surface area contributed by atoms with E-state index in [9.17, 15) is 4.79 Å². The van der Waals surface area contributed by atoms with Crippen molar-refractivity contribution in [3.63, 3.8) is 0 Å². The van der Waals surface area contributed by atoms with Crippen LogP contribution in [0, 0.1) is 6.92 Å². The van der Waals surface area contributed by atoms with Gasteiger partial charge in [0.05, 0.1) is 23.9 Å². The molecule has 6 heteroatoms. The van der Waals surface area contributed by atoms with Gasteiger partial charge in [-0.1, -0.05) is 23.5 Å². The summed E-state index contributed by atoms with van der Waals surface area (Å²) in [5.74, 6) is 1.56. The van der Waals surface area contributed by atoms with E-state index in [-0.39, 0.29) is 5.91 Å². The second kappa shape index (κ2) is 7.98. The lowest BCUT2D eigenvalue weighted by Gasteiger charge is -2.06. The fourth-order valence-corrected chi connectivity index (χ4v) is 3.31. The molecule has 1 heterocycles. The lowest BCUT2D eigenvalue weighted by molar-refractivity contribution is -0.116. The second-order valence-electron chi connectivity index (χ2n) is 5.67. The van der Waals surface area contributed by atoms with Crippen molar-refractivity contribution in [2.24, 2.45) is 0 Å². The molecule has 1 N–H and O–H groups in total. The Kier molecular flexibility index (Phi) is 5.50. The van der Waals surface area contributed by atoms with Crippen LogP contribution in [0.25, 0.3) is 10.2 Å². The maximum absolute atomic E-state index is 12.1. The minimum Gasteiger partial charge on any atom is -0.497 e. The van der Waals surface area contributed by atoms with E-state index in [0.29, 0.717) is 24.6 Å². The largest absolute Gasteiger partial charge is 0.497 e. The molecule has 0 spiro atoms. The Morgan fingerprint density at radius 2 is 2.08 bits per heavy atom. The summed E-state index contributed by atoms with van der Waals surface area (Å²) in [6.45, 7) is 2.53. The molecule has 3 rings (SSSR count). The molecule has 1 aromatic heterocycles. The monoisotopic (exact) mass is 356 g/mol. The third kappa shape index (κ3) is 4.70. The second-order valence-corrected chi connectivity index (χ2v) is 6.70. The number of rotatable bonds is 7. The Labute approximate surface area is 150 Å². The van der Waals surface area contributed by atoms with E-state index in [1.165, 1.54) is 11.3 Å². The molecule has 2 aromatic carbocycles. The summed E-state index contributed by atoms with van der Waals surface area (Å²) in [6.07, 6.45) is 1.05. The van der Waals surface area contributed by atoms with Crippen molar-refractivity contribution in [1.82, 2.24) is 4.98 Å².